The summed E-state index contributed by atoms with van der Waals surface area (Å²) in [4.78, 5) is 6.92. The van der Waals surface area contributed by atoms with Crippen LogP contribution in [-0.4, -0.2) is 56.5 Å². The molecule has 122 valence electrons. The maximum Gasteiger partial charge on any atom is 0.193 e. The zero-order valence-corrected chi connectivity index (χ0v) is 14.6. The van der Waals surface area contributed by atoms with E-state index in [2.05, 4.69) is 15.2 Å². The van der Waals surface area contributed by atoms with Crippen LogP contribution in [0.15, 0.2) is 4.99 Å². The molecule has 6 heteroatoms. The summed E-state index contributed by atoms with van der Waals surface area (Å²) in [5, 5.41) is 3.32. The first kappa shape index (κ1) is 16.6. The summed E-state index contributed by atoms with van der Waals surface area (Å²) in [5.74, 6) is 0.873. The Morgan fingerprint density at radius 2 is 2.00 bits per heavy atom. The van der Waals surface area contributed by atoms with Gasteiger partial charge in [-0.15, -0.1) is 0 Å². The molecular formula is C15H29N3O2S. The van der Waals surface area contributed by atoms with Gasteiger partial charge in [-0.25, -0.2) is 8.42 Å². The highest BCUT2D eigenvalue weighted by Gasteiger charge is 2.43. The molecule has 2 fully saturated rings. The second-order valence-corrected chi connectivity index (χ2v) is 9.88. The van der Waals surface area contributed by atoms with Gasteiger partial charge >= 0.3 is 0 Å². The van der Waals surface area contributed by atoms with Crippen LogP contribution < -0.4 is 5.32 Å². The van der Waals surface area contributed by atoms with Crippen molar-refractivity contribution in [1.82, 2.24) is 10.2 Å². The number of hydrogen-bond donors (Lipinski definition) is 1. The molecule has 0 amide bonds. The lowest BCUT2D eigenvalue weighted by Crippen LogP contribution is -2.44. The van der Waals surface area contributed by atoms with E-state index >= 15 is 0 Å². The van der Waals surface area contributed by atoms with Gasteiger partial charge < -0.3 is 10.2 Å². The molecule has 1 spiro atoms. The third-order valence-corrected chi connectivity index (χ3v) is 7.24. The van der Waals surface area contributed by atoms with Crippen LogP contribution in [0.1, 0.15) is 46.5 Å². The standard InChI is InChI=1S/C15H29N3O2S/c1-5-16-13(17-11-14(2,3)21(4,19)20)18-10-9-15(12-18)7-6-8-15/h5-12H2,1-4H3,(H,16,17). The summed E-state index contributed by atoms with van der Waals surface area (Å²) in [5.41, 5.74) is 0.516. The van der Waals surface area contributed by atoms with Gasteiger partial charge in [0.05, 0.1) is 11.3 Å². The fourth-order valence-electron chi connectivity index (χ4n) is 3.01. The second kappa shape index (κ2) is 5.78. The fourth-order valence-corrected chi connectivity index (χ4v) is 3.31. The lowest BCUT2D eigenvalue weighted by atomic mass is 9.68. The van der Waals surface area contributed by atoms with Crippen molar-refractivity contribution in [1.29, 1.82) is 0 Å². The first-order valence-corrected chi connectivity index (χ1v) is 9.81. The van der Waals surface area contributed by atoms with Gasteiger partial charge in [0, 0.05) is 25.9 Å². The lowest BCUT2D eigenvalue weighted by Gasteiger charge is -2.38. The molecule has 0 unspecified atom stereocenters. The molecule has 0 bridgehead atoms. The minimum Gasteiger partial charge on any atom is -0.357 e. The van der Waals surface area contributed by atoms with E-state index in [1.807, 2.05) is 6.92 Å². The monoisotopic (exact) mass is 315 g/mol. The van der Waals surface area contributed by atoms with Crippen molar-refractivity contribution in [3.63, 3.8) is 0 Å². The molecule has 1 aliphatic carbocycles. The Kier molecular flexibility index (Phi) is 4.57. The van der Waals surface area contributed by atoms with Crippen molar-refractivity contribution < 1.29 is 8.42 Å². The largest absolute Gasteiger partial charge is 0.357 e. The molecule has 1 saturated heterocycles. The van der Waals surface area contributed by atoms with Crippen LogP contribution in [0.2, 0.25) is 0 Å². The van der Waals surface area contributed by atoms with Crippen LogP contribution in [0.25, 0.3) is 0 Å². The van der Waals surface area contributed by atoms with Crippen molar-refractivity contribution in [3.05, 3.63) is 0 Å². The molecule has 2 rings (SSSR count). The molecule has 5 nitrogen and oxygen atoms in total. The molecule has 0 radical (unpaired) electrons. The van der Waals surface area contributed by atoms with E-state index in [0.29, 0.717) is 12.0 Å². The quantitative estimate of drug-likeness (QED) is 0.633. The Hall–Kier alpha value is -0.780. The summed E-state index contributed by atoms with van der Waals surface area (Å²) in [6.07, 6.45) is 6.54. The van der Waals surface area contributed by atoms with Gasteiger partial charge in [-0.3, -0.25) is 4.99 Å². The van der Waals surface area contributed by atoms with Crippen molar-refractivity contribution in [3.8, 4) is 0 Å². The van der Waals surface area contributed by atoms with Gasteiger partial charge in [0.15, 0.2) is 15.8 Å². The van der Waals surface area contributed by atoms with E-state index in [9.17, 15) is 8.42 Å². The van der Waals surface area contributed by atoms with E-state index < -0.39 is 14.6 Å². The highest BCUT2D eigenvalue weighted by Crippen LogP contribution is 2.47. The lowest BCUT2D eigenvalue weighted by molar-refractivity contribution is 0.151. The van der Waals surface area contributed by atoms with Crippen LogP contribution in [0.4, 0.5) is 0 Å². The topological polar surface area (TPSA) is 61.8 Å². The minimum atomic E-state index is -3.11. The Morgan fingerprint density at radius 1 is 1.33 bits per heavy atom. The van der Waals surface area contributed by atoms with Crippen LogP contribution in [-0.2, 0) is 9.84 Å². The maximum absolute atomic E-state index is 11.8. The Labute approximate surface area is 129 Å². The molecule has 0 aromatic heterocycles. The Bertz CT molecular complexity index is 507. The van der Waals surface area contributed by atoms with Gasteiger partial charge in [-0.2, -0.15) is 0 Å². The first-order chi connectivity index (χ1) is 9.69. The normalized spacial score (nSPS) is 22.5. The second-order valence-electron chi connectivity index (χ2n) is 7.23. The predicted molar refractivity (Wildman–Crippen MR) is 87.4 cm³/mol. The highest BCUT2D eigenvalue weighted by molar-refractivity contribution is 7.92. The zero-order valence-electron chi connectivity index (χ0n) is 13.8. The average molecular weight is 315 g/mol. The molecule has 1 saturated carbocycles. The SMILES string of the molecule is CCNC(=NCC(C)(C)S(C)(=O)=O)N1CCC2(CCC2)C1. The van der Waals surface area contributed by atoms with E-state index in [1.54, 1.807) is 13.8 Å². The number of nitrogens with one attached hydrogen (secondary N) is 1. The minimum absolute atomic E-state index is 0.303. The Balaban J connectivity index is 2.07. The molecule has 1 N–H and O–H groups in total. The summed E-state index contributed by atoms with van der Waals surface area (Å²) >= 11 is 0. The van der Waals surface area contributed by atoms with E-state index in [-0.39, 0.29) is 0 Å². The van der Waals surface area contributed by atoms with Gasteiger partial charge in [-0.05, 0) is 45.4 Å². The summed E-state index contributed by atoms with van der Waals surface area (Å²) in [7, 11) is -3.11. The number of rotatable bonds is 4. The number of guanidine groups is 1. The molecule has 0 aromatic rings. The van der Waals surface area contributed by atoms with E-state index in [0.717, 1.165) is 25.6 Å². The number of likely N-dealkylation sites (tertiary alicyclic amines) is 1. The first-order valence-electron chi connectivity index (χ1n) is 7.92. The molecule has 0 aromatic carbocycles. The molecule has 1 aliphatic heterocycles. The van der Waals surface area contributed by atoms with Gasteiger partial charge in [0.1, 0.15) is 0 Å². The number of sulfone groups is 1. The van der Waals surface area contributed by atoms with Crippen LogP contribution >= 0.6 is 0 Å². The van der Waals surface area contributed by atoms with Crippen LogP contribution in [0, 0.1) is 5.41 Å². The molecule has 1 heterocycles. The zero-order chi connectivity index (χ0) is 15.7. The maximum atomic E-state index is 11.8. The smallest absolute Gasteiger partial charge is 0.193 e. The predicted octanol–water partition coefficient (Wildman–Crippen LogP) is 1.65. The van der Waals surface area contributed by atoms with Crippen molar-refractivity contribution in [2.45, 2.75) is 51.2 Å². The summed E-state index contributed by atoms with van der Waals surface area (Å²) < 4.78 is 22.8. The average Bonchev–Trinajstić information content (AvgIpc) is 2.78. The third kappa shape index (κ3) is 3.52. The summed E-state index contributed by atoms with van der Waals surface area (Å²) in [6, 6.07) is 0. The van der Waals surface area contributed by atoms with Gasteiger partial charge in [-0.1, -0.05) is 6.42 Å². The van der Waals surface area contributed by atoms with E-state index in [4.69, 9.17) is 0 Å². The van der Waals surface area contributed by atoms with Crippen molar-refractivity contribution in [2.75, 3.05) is 32.4 Å². The fraction of sp³-hybridized carbons (Fsp3) is 0.933. The number of aliphatic imine (C=N–C) groups is 1. The molecular weight excluding hydrogens is 286 g/mol. The van der Waals surface area contributed by atoms with E-state index in [1.165, 1.54) is 31.9 Å². The third-order valence-electron chi connectivity index (χ3n) is 5.10. The number of hydrogen-bond acceptors (Lipinski definition) is 3. The molecule has 2 aliphatic rings. The van der Waals surface area contributed by atoms with Crippen molar-refractivity contribution in [2.24, 2.45) is 10.4 Å². The van der Waals surface area contributed by atoms with Gasteiger partial charge in [0.2, 0.25) is 0 Å². The highest BCUT2D eigenvalue weighted by atomic mass is 32.2. The van der Waals surface area contributed by atoms with Crippen molar-refractivity contribution >= 4 is 15.8 Å². The van der Waals surface area contributed by atoms with Crippen LogP contribution in [0.3, 0.4) is 0 Å². The van der Waals surface area contributed by atoms with Crippen LogP contribution in [0.5, 0.6) is 0 Å². The molecule has 21 heavy (non-hydrogen) atoms. The Morgan fingerprint density at radius 3 is 2.43 bits per heavy atom. The van der Waals surface area contributed by atoms with Gasteiger partial charge in [0.25, 0.3) is 0 Å². The molecule has 0 atom stereocenters. The number of nitrogens with zero attached hydrogens (tertiary/aromatic N) is 2. The summed E-state index contributed by atoms with van der Waals surface area (Å²) in [6.45, 7) is 8.74.